The molecule has 1 aromatic carbocycles. The number of hydrogen-bond donors (Lipinski definition) is 8. The summed E-state index contributed by atoms with van der Waals surface area (Å²) in [5, 5.41) is 26.1. The number of nitrogens with one attached hydrogen (secondary N) is 3. The zero-order valence-electron chi connectivity index (χ0n) is 19.4. The van der Waals surface area contributed by atoms with Crippen LogP contribution in [0.25, 0.3) is 0 Å². The Hall–Kier alpha value is -3.71. The van der Waals surface area contributed by atoms with Crippen molar-refractivity contribution in [1.29, 1.82) is 0 Å². The largest absolute Gasteiger partial charge is 0.508 e. The summed E-state index contributed by atoms with van der Waals surface area (Å²) < 4.78 is 0. The van der Waals surface area contributed by atoms with Crippen LogP contribution in [-0.2, 0) is 30.4 Å². The second kappa shape index (κ2) is 15.2. The molecule has 0 aliphatic carbocycles. The number of hydrogen-bond acceptors (Lipinski definition) is 8. The van der Waals surface area contributed by atoms with Gasteiger partial charge in [0.1, 0.15) is 17.8 Å². The summed E-state index contributed by atoms with van der Waals surface area (Å²) in [5.41, 5.74) is 16.7. The summed E-state index contributed by atoms with van der Waals surface area (Å²) >= 11 is 0. The van der Waals surface area contributed by atoms with Gasteiger partial charge in [0.05, 0.1) is 12.6 Å². The standard InChI is InChI=1S/C22H34N6O7/c23-10-2-1-3-16(22(34)35)28-21(33)17(11-13-4-6-14(29)7-5-13)27-19(31)12-26-20(32)15(24)8-9-18(25)30/h4-7,15-17,29H,1-3,8-12,23-24H2,(H2,25,30)(H,26,32)(H,27,31)(H,28,33)(H,34,35). The molecule has 13 nitrogen and oxygen atoms in total. The van der Waals surface area contributed by atoms with Crippen LogP contribution in [0.15, 0.2) is 24.3 Å². The molecule has 1 rings (SSSR count). The zero-order valence-corrected chi connectivity index (χ0v) is 19.4. The van der Waals surface area contributed by atoms with E-state index in [9.17, 15) is 34.2 Å². The summed E-state index contributed by atoms with van der Waals surface area (Å²) in [6.07, 6.45) is 1.16. The number of carbonyl (C=O) groups is 5. The molecule has 0 fully saturated rings. The number of aliphatic carboxylic acids is 1. The quantitative estimate of drug-likeness (QED) is 0.116. The van der Waals surface area contributed by atoms with Gasteiger partial charge in [0.25, 0.3) is 0 Å². The summed E-state index contributed by atoms with van der Waals surface area (Å²) in [6.45, 7) is -0.112. The number of carboxylic acid groups (broad SMARTS) is 1. The van der Waals surface area contributed by atoms with Crippen LogP contribution in [-0.4, -0.2) is 71.0 Å². The third kappa shape index (κ3) is 11.8. The highest BCUT2D eigenvalue weighted by atomic mass is 16.4. The number of phenolic OH excluding ortho intramolecular Hbond substituents is 1. The minimum Gasteiger partial charge on any atom is -0.508 e. The monoisotopic (exact) mass is 494 g/mol. The van der Waals surface area contributed by atoms with E-state index in [2.05, 4.69) is 16.0 Å². The Morgan fingerprint density at radius 1 is 0.914 bits per heavy atom. The lowest BCUT2D eigenvalue weighted by Gasteiger charge is -2.22. The molecule has 0 saturated carbocycles. The summed E-state index contributed by atoms with van der Waals surface area (Å²) in [6, 6.07) is 2.55. The smallest absolute Gasteiger partial charge is 0.326 e. The van der Waals surface area contributed by atoms with E-state index in [0.29, 0.717) is 24.9 Å². The first-order chi connectivity index (χ1) is 16.5. The van der Waals surface area contributed by atoms with Gasteiger partial charge in [-0.1, -0.05) is 12.1 Å². The first kappa shape index (κ1) is 29.3. The highest BCUT2D eigenvalue weighted by Crippen LogP contribution is 2.12. The molecule has 35 heavy (non-hydrogen) atoms. The third-order valence-corrected chi connectivity index (χ3v) is 5.05. The highest BCUT2D eigenvalue weighted by Gasteiger charge is 2.27. The molecule has 194 valence electrons. The van der Waals surface area contributed by atoms with E-state index in [0.717, 1.165) is 0 Å². The summed E-state index contributed by atoms with van der Waals surface area (Å²) in [4.78, 5) is 59.7. The Morgan fingerprint density at radius 3 is 2.14 bits per heavy atom. The van der Waals surface area contributed by atoms with E-state index in [1.165, 1.54) is 12.1 Å². The molecule has 3 unspecified atom stereocenters. The molecule has 4 amide bonds. The van der Waals surface area contributed by atoms with Crippen LogP contribution in [0.5, 0.6) is 5.75 Å². The minimum absolute atomic E-state index is 0.000928. The van der Waals surface area contributed by atoms with Crippen molar-refractivity contribution in [3.63, 3.8) is 0 Å². The number of aromatic hydroxyl groups is 1. The first-order valence-electron chi connectivity index (χ1n) is 11.2. The number of nitrogens with two attached hydrogens (primary N) is 3. The van der Waals surface area contributed by atoms with Gasteiger partial charge in [0.15, 0.2) is 0 Å². The molecule has 0 bridgehead atoms. The average molecular weight is 495 g/mol. The van der Waals surface area contributed by atoms with Crippen LogP contribution in [0.1, 0.15) is 37.7 Å². The fourth-order valence-corrected chi connectivity index (χ4v) is 3.07. The molecule has 0 saturated heterocycles. The molecule has 1 aromatic rings. The van der Waals surface area contributed by atoms with Gasteiger partial charge >= 0.3 is 5.97 Å². The molecule has 0 aromatic heterocycles. The molecule has 3 atom stereocenters. The molecular weight excluding hydrogens is 460 g/mol. The van der Waals surface area contributed by atoms with Crippen LogP contribution in [0.2, 0.25) is 0 Å². The fourth-order valence-electron chi connectivity index (χ4n) is 3.07. The normalized spacial score (nSPS) is 13.2. The third-order valence-electron chi connectivity index (χ3n) is 5.05. The SMILES string of the molecule is NCCCCC(NC(=O)C(Cc1ccc(O)cc1)NC(=O)CNC(=O)C(N)CCC(N)=O)C(=O)O. The van der Waals surface area contributed by atoms with E-state index in [1.54, 1.807) is 12.1 Å². The molecule has 0 heterocycles. The van der Waals surface area contributed by atoms with Gasteiger partial charge in [-0.3, -0.25) is 19.2 Å². The predicted molar refractivity (Wildman–Crippen MR) is 126 cm³/mol. The maximum Gasteiger partial charge on any atom is 0.326 e. The van der Waals surface area contributed by atoms with E-state index in [1.807, 2.05) is 0 Å². The Kier molecular flexibility index (Phi) is 12.8. The molecule has 13 heteroatoms. The first-order valence-corrected chi connectivity index (χ1v) is 11.2. The number of primary amides is 1. The average Bonchev–Trinajstić information content (AvgIpc) is 2.81. The number of amides is 4. The number of benzene rings is 1. The number of carboxylic acids is 1. The van der Waals surface area contributed by atoms with Crippen molar-refractivity contribution in [3.05, 3.63) is 29.8 Å². The van der Waals surface area contributed by atoms with E-state index >= 15 is 0 Å². The number of rotatable bonds is 16. The summed E-state index contributed by atoms with van der Waals surface area (Å²) in [5.74, 6) is -3.93. The number of phenols is 1. The van der Waals surface area contributed by atoms with E-state index in [-0.39, 0.29) is 31.4 Å². The van der Waals surface area contributed by atoms with Gasteiger partial charge in [-0.05, 0) is 49.9 Å². The molecular formula is C22H34N6O7. The maximum absolute atomic E-state index is 12.9. The maximum atomic E-state index is 12.9. The Balaban J connectivity index is 2.83. The molecule has 0 aliphatic rings. The van der Waals surface area contributed by atoms with Crippen LogP contribution >= 0.6 is 0 Å². The van der Waals surface area contributed by atoms with Gasteiger partial charge in [-0.15, -0.1) is 0 Å². The molecule has 0 radical (unpaired) electrons. The lowest BCUT2D eigenvalue weighted by atomic mass is 10.0. The second-order valence-electron chi connectivity index (χ2n) is 8.00. The lowest BCUT2D eigenvalue weighted by molar-refractivity contribution is -0.142. The van der Waals surface area contributed by atoms with Crippen molar-refractivity contribution in [1.82, 2.24) is 16.0 Å². The van der Waals surface area contributed by atoms with Gasteiger partial charge in [-0.25, -0.2) is 4.79 Å². The molecule has 0 aliphatic heterocycles. The van der Waals surface area contributed by atoms with Crippen molar-refractivity contribution in [2.24, 2.45) is 17.2 Å². The second-order valence-corrected chi connectivity index (χ2v) is 8.00. The summed E-state index contributed by atoms with van der Waals surface area (Å²) in [7, 11) is 0. The van der Waals surface area contributed by atoms with Crippen molar-refractivity contribution in [3.8, 4) is 5.75 Å². The predicted octanol–water partition coefficient (Wildman–Crippen LogP) is -2.17. The molecule has 0 spiro atoms. The van der Waals surface area contributed by atoms with Crippen molar-refractivity contribution >= 4 is 29.6 Å². The van der Waals surface area contributed by atoms with Crippen LogP contribution in [0, 0.1) is 0 Å². The zero-order chi connectivity index (χ0) is 26.4. The topological polar surface area (TPSA) is 240 Å². The Morgan fingerprint density at radius 2 is 1.57 bits per heavy atom. The Bertz CT molecular complexity index is 878. The fraction of sp³-hybridized carbons (Fsp3) is 0.500. The van der Waals surface area contributed by atoms with Gasteiger partial charge in [0, 0.05) is 12.8 Å². The number of carbonyl (C=O) groups excluding carboxylic acids is 4. The number of unbranched alkanes of at least 4 members (excludes halogenated alkanes) is 1. The highest BCUT2D eigenvalue weighted by molar-refractivity contribution is 5.92. The van der Waals surface area contributed by atoms with Gasteiger partial charge in [-0.2, -0.15) is 0 Å². The van der Waals surface area contributed by atoms with Crippen LogP contribution in [0.3, 0.4) is 0 Å². The van der Waals surface area contributed by atoms with Gasteiger partial charge in [0.2, 0.25) is 23.6 Å². The van der Waals surface area contributed by atoms with Crippen molar-refractivity contribution < 1.29 is 34.2 Å². The van der Waals surface area contributed by atoms with Crippen molar-refractivity contribution in [2.75, 3.05) is 13.1 Å². The van der Waals surface area contributed by atoms with E-state index < -0.39 is 54.3 Å². The van der Waals surface area contributed by atoms with Crippen LogP contribution in [0.4, 0.5) is 0 Å². The Labute approximate surface area is 202 Å². The van der Waals surface area contributed by atoms with Gasteiger partial charge < -0.3 is 43.4 Å². The lowest BCUT2D eigenvalue weighted by Crippen LogP contribution is -2.54. The molecule has 11 N–H and O–H groups in total. The van der Waals surface area contributed by atoms with Crippen molar-refractivity contribution in [2.45, 2.75) is 56.7 Å². The minimum atomic E-state index is -1.22. The van der Waals surface area contributed by atoms with E-state index in [4.69, 9.17) is 17.2 Å². The van der Waals surface area contributed by atoms with Crippen LogP contribution < -0.4 is 33.2 Å².